The predicted octanol–water partition coefficient (Wildman–Crippen LogP) is 3.15. The third-order valence-corrected chi connectivity index (χ3v) is 3.78. The lowest BCUT2D eigenvalue weighted by molar-refractivity contribution is 0.0216. The Labute approximate surface area is 121 Å². The largest absolute Gasteiger partial charge is 0.478 e. The van der Waals surface area contributed by atoms with Gasteiger partial charge in [0.15, 0.2) is 0 Å². The second-order valence-corrected chi connectivity index (χ2v) is 5.79. The second-order valence-electron chi connectivity index (χ2n) is 4.87. The molecule has 1 aromatic carbocycles. The zero-order valence-corrected chi connectivity index (χ0v) is 12.5. The highest BCUT2D eigenvalue weighted by atomic mass is 79.9. The Morgan fingerprint density at radius 3 is 2.89 bits per heavy atom. The van der Waals surface area contributed by atoms with Gasteiger partial charge >= 0.3 is 5.97 Å². The quantitative estimate of drug-likeness (QED) is 0.922. The number of halogens is 1. The third-order valence-electron chi connectivity index (χ3n) is 3.32. The SMILES string of the molecule is CN(CC1CCCCO1)c1cc(Br)cc(C(=O)O)c1. The molecule has 0 spiro atoms. The minimum absolute atomic E-state index is 0.242. The van der Waals surface area contributed by atoms with Crippen molar-refractivity contribution in [2.75, 3.05) is 25.1 Å². The topological polar surface area (TPSA) is 49.8 Å². The molecule has 1 fully saturated rings. The Balaban J connectivity index is 2.09. The van der Waals surface area contributed by atoms with Gasteiger partial charge < -0.3 is 14.7 Å². The van der Waals surface area contributed by atoms with Crippen molar-refractivity contribution in [1.29, 1.82) is 0 Å². The van der Waals surface area contributed by atoms with Gasteiger partial charge in [-0.25, -0.2) is 4.79 Å². The molecule has 1 unspecified atom stereocenters. The number of carboxylic acid groups (broad SMARTS) is 1. The van der Waals surface area contributed by atoms with Crippen LogP contribution in [0.2, 0.25) is 0 Å². The summed E-state index contributed by atoms with van der Waals surface area (Å²) in [4.78, 5) is 13.1. The summed E-state index contributed by atoms with van der Waals surface area (Å²) in [7, 11) is 1.96. The molecule has 1 aliphatic rings. The molecule has 4 nitrogen and oxygen atoms in total. The van der Waals surface area contributed by atoms with Crippen LogP contribution in [-0.4, -0.2) is 37.4 Å². The van der Waals surface area contributed by atoms with E-state index in [1.807, 2.05) is 18.0 Å². The molecule has 0 saturated carbocycles. The number of likely N-dealkylation sites (N-methyl/N-ethyl adjacent to an activating group) is 1. The number of carboxylic acids is 1. The first-order chi connectivity index (χ1) is 9.06. The lowest BCUT2D eigenvalue weighted by atomic mass is 10.1. The number of anilines is 1. The number of ether oxygens (including phenoxy) is 1. The Hall–Kier alpha value is -1.07. The number of aromatic carboxylic acids is 1. The highest BCUT2D eigenvalue weighted by Crippen LogP contribution is 2.24. The maximum absolute atomic E-state index is 11.1. The molecule has 1 heterocycles. The fourth-order valence-corrected chi connectivity index (χ4v) is 2.76. The van der Waals surface area contributed by atoms with Crippen LogP contribution >= 0.6 is 15.9 Å². The first-order valence-corrected chi connectivity index (χ1v) is 7.22. The van der Waals surface area contributed by atoms with Crippen LogP contribution in [0.5, 0.6) is 0 Å². The molecule has 0 aromatic heterocycles. The molecule has 19 heavy (non-hydrogen) atoms. The van der Waals surface area contributed by atoms with E-state index in [4.69, 9.17) is 9.84 Å². The first-order valence-electron chi connectivity index (χ1n) is 6.43. The molecule has 0 radical (unpaired) electrons. The monoisotopic (exact) mass is 327 g/mol. The van der Waals surface area contributed by atoms with Crippen molar-refractivity contribution in [3.8, 4) is 0 Å². The van der Waals surface area contributed by atoms with Gasteiger partial charge in [0.1, 0.15) is 0 Å². The summed E-state index contributed by atoms with van der Waals surface area (Å²) in [6, 6.07) is 5.22. The summed E-state index contributed by atoms with van der Waals surface area (Å²) in [6.45, 7) is 1.62. The van der Waals surface area contributed by atoms with E-state index in [0.29, 0.717) is 5.56 Å². The van der Waals surface area contributed by atoms with Crippen molar-refractivity contribution in [3.63, 3.8) is 0 Å². The van der Waals surface area contributed by atoms with Gasteiger partial charge in [-0.2, -0.15) is 0 Å². The number of rotatable bonds is 4. The van der Waals surface area contributed by atoms with Crippen molar-refractivity contribution >= 4 is 27.6 Å². The average molecular weight is 328 g/mol. The average Bonchev–Trinajstić information content (AvgIpc) is 2.39. The zero-order valence-electron chi connectivity index (χ0n) is 10.9. The van der Waals surface area contributed by atoms with E-state index in [1.165, 1.54) is 6.42 Å². The fourth-order valence-electron chi connectivity index (χ4n) is 2.28. The van der Waals surface area contributed by atoms with Gasteiger partial charge in [0.25, 0.3) is 0 Å². The molecule has 1 aliphatic heterocycles. The van der Waals surface area contributed by atoms with E-state index in [9.17, 15) is 4.79 Å². The molecule has 1 saturated heterocycles. The smallest absolute Gasteiger partial charge is 0.335 e. The Kier molecular flexibility index (Phi) is 4.82. The predicted molar refractivity (Wildman–Crippen MR) is 78.0 cm³/mol. The van der Waals surface area contributed by atoms with Gasteiger partial charge in [0.2, 0.25) is 0 Å². The summed E-state index contributed by atoms with van der Waals surface area (Å²) >= 11 is 3.35. The maximum atomic E-state index is 11.1. The minimum Gasteiger partial charge on any atom is -0.478 e. The molecule has 0 bridgehead atoms. The molecule has 1 aromatic rings. The summed E-state index contributed by atoms with van der Waals surface area (Å²) in [6.07, 6.45) is 3.66. The number of benzene rings is 1. The van der Waals surface area contributed by atoms with E-state index in [2.05, 4.69) is 15.9 Å². The van der Waals surface area contributed by atoms with E-state index >= 15 is 0 Å². The van der Waals surface area contributed by atoms with Gasteiger partial charge in [-0.1, -0.05) is 15.9 Å². The van der Waals surface area contributed by atoms with E-state index in [1.54, 1.807) is 12.1 Å². The molecule has 5 heteroatoms. The van der Waals surface area contributed by atoms with Crippen molar-refractivity contribution in [2.24, 2.45) is 0 Å². The summed E-state index contributed by atoms with van der Waals surface area (Å²) in [5.41, 5.74) is 1.18. The van der Waals surface area contributed by atoms with Crippen LogP contribution in [0.4, 0.5) is 5.69 Å². The van der Waals surface area contributed by atoms with Gasteiger partial charge in [-0.05, 0) is 37.5 Å². The van der Waals surface area contributed by atoms with Crippen molar-refractivity contribution < 1.29 is 14.6 Å². The van der Waals surface area contributed by atoms with Crippen LogP contribution in [-0.2, 0) is 4.74 Å². The van der Waals surface area contributed by atoms with Crippen molar-refractivity contribution in [3.05, 3.63) is 28.2 Å². The number of hydrogen-bond acceptors (Lipinski definition) is 3. The van der Waals surface area contributed by atoms with Crippen LogP contribution in [0, 0.1) is 0 Å². The molecule has 2 rings (SSSR count). The maximum Gasteiger partial charge on any atom is 0.335 e. The van der Waals surface area contributed by atoms with Crippen molar-refractivity contribution in [2.45, 2.75) is 25.4 Å². The molecule has 104 valence electrons. The van der Waals surface area contributed by atoms with Crippen LogP contribution in [0.25, 0.3) is 0 Å². The molecule has 1 N–H and O–H groups in total. The van der Waals surface area contributed by atoms with Gasteiger partial charge in [0, 0.05) is 30.4 Å². The summed E-state index contributed by atoms with van der Waals surface area (Å²) < 4.78 is 6.48. The standard InChI is InChI=1S/C14H18BrNO3/c1-16(9-13-4-2-3-5-19-13)12-7-10(14(17)18)6-11(15)8-12/h6-8,13H,2-5,9H2,1H3,(H,17,18). The lowest BCUT2D eigenvalue weighted by Gasteiger charge is -2.28. The van der Waals surface area contributed by atoms with E-state index < -0.39 is 5.97 Å². The van der Waals surface area contributed by atoms with Gasteiger partial charge in [0.05, 0.1) is 11.7 Å². The van der Waals surface area contributed by atoms with Crippen LogP contribution in [0.3, 0.4) is 0 Å². The minimum atomic E-state index is -0.912. The van der Waals surface area contributed by atoms with Crippen LogP contribution in [0.15, 0.2) is 22.7 Å². The van der Waals surface area contributed by atoms with Crippen molar-refractivity contribution in [1.82, 2.24) is 0 Å². The third kappa shape index (κ3) is 3.94. The summed E-state index contributed by atoms with van der Waals surface area (Å²) in [5, 5.41) is 9.07. The van der Waals surface area contributed by atoms with Gasteiger partial charge in [-0.3, -0.25) is 0 Å². The van der Waals surface area contributed by atoms with Gasteiger partial charge in [-0.15, -0.1) is 0 Å². The van der Waals surface area contributed by atoms with E-state index in [-0.39, 0.29) is 6.10 Å². The Morgan fingerprint density at radius 2 is 2.26 bits per heavy atom. The second kappa shape index (κ2) is 6.39. The Morgan fingerprint density at radius 1 is 1.47 bits per heavy atom. The highest BCUT2D eigenvalue weighted by molar-refractivity contribution is 9.10. The molecule has 0 amide bonds. The zero-order chi connectivity index (χ0) is 13.8. The molecule has 0 aliphatic carbocycles. The fraction of sp³-hybridized carbons (Fsp3) is 0.500. The molecule has 1 atom stereocenters. The molecular weight excluding hydrogens is 310 g/mol. The number of hydrogen-bond donors (Lipinski definition) is 1. The number of nitrogens with zero attached hydrogens (tertiary/aromatic N) is 1. The normalized spacial score (nSPS) is 19.2. The highest BCUT2D eigenvalue weighted by Gasteiger charge is 2.17. The van der Waals surface area contributed by atoms with E-state index in [0.717, 1.165) is 36.2 Å². The first kappa shape index (κ1) is 14.3. The Bertz CT molecular complexity index is 458. The van der Waals surface area contributed by atoms with Crippen LogP contribution in [0.1, 0.15) is 29.6 Å². The summed E-state index contributed by atoms with van der Waals surface area (Å²) in [5.74, 6) is -0.912. The molecular formula is C14H18BrNO3. The number of carbonyl (C=O) groups is 1. The van der Waals surface area contributed by atoms with Crippen LogP contribution < -0.4 is 4.90 Å². The lowest BCUT2D eigenvalue weighted by Crippen LogP contribution is -2.33.